The number of rotatable bonds is 7. The molecule has 0 saturated carbocycles. The monoisotopic (exact) mass is 281 g/mol. The van der Waals surface area contributed by atoms with E-state index in [1.807, 2.05) is 0 Å². The highest BCUT2D eigenvalue weighted by atomic mass is 35.5. The molecule has 6 heteroatoms. The van der Waals surface area contributed by atoms with Crippen LogP contribution in [0.4, 0.5) is 13.2 Å². The van der Waals surface area contributed by atoms with Gasteiger partial charge in [0.2, 0.25) is 0 Å². The van der Waals surface area contributed by atoms with E-state index in [4.69, 9.17) is 16.3 Å². The summed E-state index contributed by atoms with van der Waals surface area (Å²) in [6.07, 6.45) is -4.28. The number of halogens is 4. The van der Waals surface area contributed by atoms with Crippen molar-refractivity contribution in [1.29, 1.82) is 0 Å². The first-order valence-corrected chi connectivity index (χ1v) is 6.08. The van der Waals surface area contributed by atoms with Gasteiger partial charge in [0.1, 0.15) is 0 Å². The molecule has 1 aromatic rings. The smallest absolute Gasteiger partial charge is 0.379 e. The SMILES string of the molecule is FC(F)(F)c1ccc(CNCCOCCCl)cc1. The molecule has 2 nitrogen and oxygen atoms in total. The highest BCUT2D eigenvalue weighted by Gasteiger charge is 2.29. The molecule has 0 radical (unpaired) electrons. The highest BCUT2D eigenvalue weighted by Crippen LogP contribution is 2.28. The molecule has 0 fully saturated rings. The summed E-state index contributed by atoms with van der Waals surface area (Å²) in [5.74, 6) is 0.457. The molecule has 0 aliphatic rings. The van der Waals surface area contributed by atoms with Crippen LogP contribution in [0.3, 0.4) is 0 Å². The fourth-order valence-corrected chi connectivity index (χ4v) is 1.45. The Bertz CT molecular complexity index is 340. The third-order valence-corrected chi connectivity index (χ3v) is 2.41. The molecule has 102 valence electrons. The first kappa shape index (κ1) is 15.3. The molecule has 0 aliphatic carbocycles. The molecule has 0 bridgehead atoms. The Balaban J connectivity index is 2.27. The van der Waals surface area contributed by atoms with Crippen molar-refractivity contribution in [1.82, 2.24) is 5.32 Å². The highest BCUT2D eigenvalue weighted by molar-refractivity contribution is 6.17. The molecule has 0 atom stereocenters. The lowest BCUT2D eigenvalue weighted by Crippen LogP contribution is -2.19. The van der Waals surface area contributed by atoms with Crippen molar-refractivity contribution in [2.24, 2.45) is 0 Å². The topological polar surface area (TPSA) is 21.3 Å². The van der Waals surface area contributed by atoms with Crippen molar-refractivity contribution < 1.29 is 17.9 Å². The van der Waals surface area contributed by atoms with Gasteiger partial charge in [0.15, 0.2) is 0 Å². The maximum absolute atomic E-state index is 12.3. The molecule has 0 aliphatic heterocycles. The summed E-state index contributed by atoms with van der Waals surface area (Å²) in [5, 5.41) is 3.07. The van der Waals surface area contributed by atoms with Gasteiger partial charge in [-0.25, -0.2) is 0 Å². The van der Waals surface area contributed by atoms with Crippen LogP contribution >= 0.6 is 11.6 Å². The summed E-state index contributed by atoms with van der Waals surface area (Å²) >= 11 is 5.42. The molecule has 0 heterocycles. The molecule has 0 saturated heterocycles. The van der Waals surface area contributed by atoms with Crippen LogP contribution in [-0.4, -0.2) is 25.6 Å². The number of alkyl halides is 4. The average molecular weight is 282 g/mol. The lowest BCUT2D eigenvalue weighted by molar-refractivity contribution is -0.137. The molecule has 1 rings (SSSR count). The van der Waals surface area contributed by atoms with Crippen LogP contribution in [0, 0.1) is 0 Å². The van der Waals surface area contributed by atoms with Gasteiger partial charge in [-0.2, -0.15) is 13.2 Å². The Morgan fingerprint density at radius 3 is 2.33 bits per heavy atom. The van der Waals surface area contributed by atoms with E-state index in [2.05, 4.69) is 5.32 Å². The minimum Gasteiger partial charge on any atom is -0.379 e. The van der Waals surface area contributed by atoms with E-state index < -0.39 is 11.7 Å². The zero-order chi connectivity index (χ0) is 13.4. The summed E-state index contributed by atoms with van der Waals surface area (Å²) in [6.45, 7) is 2.19. The second-order valence-corrected chi connectivity index (χ2v) is 4.05. The van der Waals surface area contributed by atoms with Gasteiger partial charge in [-0.1, -0.05) is 12.1 Å². The maximum atomic E-state index is 12.3. The predicted molar refractivity (Wildman–Crippen MR) is 64.7 cm³/mol. The maximum Gasteiger partial charge on any atom is 0.416 e. The molecule has 0 aromatic heterocycles. The molecule has 1 N–H and O–H groups in total. The van der Waals surface area contributed by atoms with Crippen molar-refractivity contribution in [3.63, 3.8) is 0 Å². The fourth-order valence-electron chi connectivity index (χ4n) is 1.35. The number of ether oxygens (including phenoxy) is 1. The van der Waals surface area contributed by atoms with E-state index in [1.165, 1.54) is 12.1 Å². The lowest BCUT2D eigenvalue weighted by Gasteiger charge is -2.08. The van der Waals surface area contributed by atoms with Gasteiger partial charge < -0.3 is 10.1 Å². The quantitative estimate of drug-likeness (QED) is 0.613. The first-order valence-electron chi connectivity index (χ1n) is 5.54. The number of hydrogen-bond acceptors (Lipinski definition) is 2. The van der Waals surface area contributed by atoms with Gasteiger partial charge in [0, 0.05) is 19.0 Å². The molecular formula is C12H15ClF3NO. The molecule has 18 heavy (non-hydrogen) atoms. The van der Waals surface area contributed by atoms with Crippen molar-refractivity contribution in [2.45, 2.75) is 12.7 Å². The van der Waals surface area contributed by atoms with E-state index >= 15 is 0 Å². The molecule has 0 amide bonds. The van der Waals surface area contributed by atoms with Crippen molar-refractivity contribution >= 4 is 11.6 Å². The summed E-state index contributed by atoms with van der Waals surface area (Å²) in [6, 6.07) is 5.10. The summed E-state index contributed by atoms with van der Waals surface area (Å²) in [5.41, 5.74) is 0.178. The Hall–Kier alpha value is -0.780. The van der Waals surface area contributed by atoms with Crippen molar-refractivity contribution in [3.8, 4) is 0 Å². The predicted octanol–water partition coefficient (Wildman–Crippen LogP) is 3.05. The van der Waals surface area contributed by atoms with Crippen LogP contribution in [0.2, 0.25) is 0 Å². The van der Waals surface area contributed by atoms with Crippen LogP contribution in [0.25, 0.3) is 0 Å². The van der Waals surface area contributed by atoms with E-state index in [0.717, 1.165) is 17.7 Å². The number of hydrogen-bond donors (Lipinski definition) is 1. The largest absolute Gasteiger partial charge is 0.416 e. The van der Waals surface area contributed by atoms with Gasteiger partial charge in [-0.3, -0.25) is 0 Å². The Kier molecular flexibility index (Phi) is 6.46. The van der Waals surface area contributed by atoms with E-state index in [0.29, 0.717) is 32.2 Å². The fraction of sp³-hybridized carbons (Fsp3) is 0.500. The van der Waals surface area contributed by atoms with Gasteiger partial charge in [0.25, 0.3) is 0 Å². The lowest BCUT2D eigenvalue weighted by atomic mass is 10.1. The second kappa shape index (κ2) is 7.61. The van der Waals surface area contributed by atoms with Gasteiger partial charge in [-0.15, -0.1) is 11.6 Å². The van der Waals surface area contributed by atoms with Gasteiger partial charge in [-0.05, 0) is 17.7 Å². The molecule has 0 unspecified atom stereocenters. The Morgan fingerprint density at radius 2 is 1.78 bits per heavy atom. The molecular weight excluding hydrogens is 267 g/mol. The number of benzene rings is 1. The minimum absolute atomic E-state index is 0.457. The standard InChI is InChI=1S/C12H15ClF3NO/c13-5-7-18-8-6-17-9-10-1-3-11(4-2-10)12(14,15)16/h1-4,17H,5-9H2. The van der Waals surface area contributed by atoms with Gasteiger partial charge >= 0.3 is 6.18 Å². The van der Waals surface area contributed by atoms with E-state index in [-0.39, 0.29) is 0 Å². The van der Waals surface area contributed by atoms with Crippen LogP contribution in [0.15, 0.2) is 24.3 Å². The Morgan fingerprint density at radius 1 is 1.11 bits per heavy atom. The normalized spacial score (nSPS) is 11.8. The van der Waals surface area contributed by atoms with Gasteiger partial charge in [0.05, 0.1) is 18.8 Å². The van der Waals surface area contributed by atoms with Crippen LogP contribution in [0.5, 0.6) is 0 Å². The minimum atomic E-state index is -4.28. The van der Waals surface area contributed by atoms with Crippen LogP contribution in [-0.2, 0) is 17.5 Å². The third kappa shape index (κ3) is 5.71. The second-order valence-electron chi connectivity index (χ2n) is 3.67. The molecule has 1 aromatic carbocycles. The zero-order valence-corrected chi connectivity index (χ0v) is 10.5. The number of nitrogens with one attached hydrogen (secondary N) is 1. The van der Waals surface area contributed by atoms with E-state index in [9.17, 15) is 13.2 Å². The molecule has 0 spiro atoms. The van der Waals surface area contributed by atoms with E-state index in [1.54, 1.807) is 0 Å². The first-order chi connectivity index (χ1) is 8.54. The summed E-state index contributed by atoms with van der Waals surface area (Å²) in [4.78, 5) is 0. The third-order valence-electron chi connectivity index (χ3n) is 2.26. The van der Waals surface area contributed by atoms with Crippen molar-refractivity contribution in [3.05, 3.63) is 35.4 Å². The average Bonchev–Trinajstić information content (AvgIpc) is 2.33. The zero-order valence-electron chi connectivity index (χ0n) is 9.77. The summed E-state index contributed by atoms with van der Waals surface area (Å²) < 4.78 is 42.0. The van der Waals surface area contributed by atoms with Crippen molar-refractivity contribution in [2.75, 3.05) is 25.6 Å². The Labute approximate surface area is 109 Å². The van der Waals surface area contributed by atoms with Crippen LogP contribution in [0.1, 0.15) is 11.1 Å². The summed E-state index contributed by atoms with van der Waals surface area (Å²) in [7, 11) is 0. The van der Waals surface area contributed by atoms with Crippen LogP contribution < -0.4 is 5.32 Å².